The maximum absolute atomic E-state index is 2.44. The van der Waals surface area contributed by atoms with Crippen LogP contribution in [0.2, 0.25) is 0 Å². The lowest BCUT2D eigenvalue weighted by atomic mass is 9.83. The van der Waals surface area contributed by atoms with Crippen molar-refractivity contribution in [2.45, 2.75) is 13.8 Å². The number of para-hydroxylation sites is 2. The zero-order chi connectivity index (χ0) is 41.6. The summed E-state index contributed by atoms with van der Waals surface area (Å²) in [5.74, 6) is 0. The second-order valence-electron chi connectivity index (χ2n) is 16.3. The van der Waals surface area contributed by atoms with Gasteiger partial charge in [0.1, 0.15) is 0 Å². The van der Waals surface area contributed by atoms with Crippen LogP contribution < -0.4 is 9.80 Å². The van der Waals surface area contributed by atoms with Crippen LogP contribution in [0.15, 0.2) is 231 Å². The Balaban J connectivity index is 1.30. The van der Waals surface area contributed by atoms with Gasteiger partial charge in [-0.3, -0.25) is 0 Å². The summed E-state index contributed by atoms with van der Waals surface area (Å²) in [6, 6.07) is 84.5. The molecule has 0 atom stereocenters. The molecular weight excluding hydrogens is 749 g/mol. The highest BCUT2D eigenvalue weighted by Crippen LogP contribution is 2.50. The molecule has 0 N–H and O–H groups in total. The molecule has 0 aliphatic heterocycles. The van der Waals surface area contributed by atoms with E-state index in [9.17, 15) is 0 Å². The van der Waals surface area contributed by atoms with Crippen molar-refractivity contribution in [1.82, 2.24) is 0 Å². The Bertz CT molecular complexity index is 3200. The minimum Gasteiger partial charge on any atom is -0.310 e. The molecule has 0 saturated heterocycles. The van der Waals surface area contributed by atoms with Crippen molar-refractivity contribution in [1.29, 1.82) is 0 Å². The lowest BCUT2D eigenvalue weighted by molar-refractivity contribution is 1.27. The van der Waals surface area contributed by atoms with Crippen LogP contribution in [0.4, 0.5) is 34.1 Å². The molecule has 0 amide bonds. The highest BCUT2D eigenvalue weighted by Gasteiger charge is 2.23. The summed E-state index contributed by atoms with van der Waals surface area (Å²) in [6.07, 6.45) is 0. The molecule has 11 aromatic carbocycles. The largest absolute Gasteiger partial charge is 0.310 e. The van der Waals surface area contributed by atoms with Crippen molar-refractivity contribution in [3.63, 3.8) is 0 Å². The van der Waals surface area contributed by atoms with Gasteiger partial charge in [0.05, 0.1) is 0 Å². The van der Waals surface area contributed by atoms with E-state index in [1.54, 1.807) is 0 Å². The minimum atomic E-state index is 1.10. The van der Waals surface area contributed by atoms with E-state index in [-0.39, 0.29) is 0 Å². The predicted molar refractivity (Wildman–Crippen MR) is 266 cm³/mol. The van der Waals surface area contributed by atoms with Crippen LogP contribution in [-0.2, 0) is 0 Å². The molecule has 0 heterocycles. The maximum Gasteiger partial charge on any atom is 0.0468 e. The van der Waals surface area contributed by atoms with Gasteiger partial charge in [-0.1, -0.05) is 158 Å². The minimum absolute atomic E-state index is 1.10. The van der Waals surface area contributed by atoms with Gasteiger partial charge in [-0.2, -0.15) is 0 Å². The second-order valence-corrected chi connectivity index (χ2v) is 16.3. The topological polar surface area (TPSA) is 6.48 Å². The molecule has 11 rings (SSSR count). The molecular formula is C60H44N2. The van der Waals surface area contributed by atoms with E-state index in [2.05, 4.69) is 254 Å². The molecule has 11 aromatic rings. The Morgan fingerprint density at radius 3 is 1.03 bits per heavy atom. The molecule has 0 aliphatic carbocycles. The molecule has 2 heteroatoms. The number of hydrogen-bond acceptors (Lipinski definition) is 2. The molecule has 0 bridgehead atoms. The normalized spacial score (nSPS) is 11.4. The Kier molecular flexibility index (Phi) is 9.32. The monoisotopic (exact) mass is 792 g/mol. The third-order valence-electron chi connectivity index (χ3n) is 12.3. The van der Waals surface area contributed by atoms with E-state index < -0.39 is 0 Å². The van der Waals surface area contributed by atoms with Crippen LogP contribution in [0, 0.1) is 13.8 Å². The Morgan fingerprint density at radius 1 is 0.242 bits per heavy atom. The summed E-state index contributed by atoms with van der Waals surface area (Å²) in [5.41, 5.74) is 14.0. The van der Waals surface area contributed by atoms with Gasteiger partial charge in [0.2, 0.25) is 0 Å². The van der Waals surface area contributed by atoms with Crippen LogP contribution in [0.5, 0.6) is 0 Å². The van der Waals surface area contributed by atoms with Gasteiger partial charge in [-0.25, -0.2) is 0 Å². The molecule has 2 nitrogen and oxygen atoms in total. The molecule has 0 spiro atoms. The summed E-state index contributed by atoms with van der Waals surface area (Å²) in [6.45, 7) is 4.33. The third-order valence-corrected chi connectivity index (χ3v) is 12.3. The van der Waals surface area contributed by atoms with Crippen LogP contribution in [0.1, 0.15) is 11.1 Å². The van der Waals surface area contributed by atoms with Crippen molar-refractivity contribution in [2.75, 3.05) is 9.80 Å². The highest BCUT2D eigenvalue weighted by molar-refractivity contribution is 6.26. The van der Waals surface area contributed by atoms with Crippen LogP contribution in [0.3, 0.4) is 0 Å². The van der Waals surface area contributed by atoms with Gasteiger partial charge < -0.3 is 9.80 Å². The fourth-order valence-electron chi connectivity index (χ4n) is 9.53. The fraction of sp³-hybridized carbons (Fsp3) is 0.0333. The number of benzene rings is 11. The number of nitrogens with zero attached hydrogens (tertiary/aromatic N) is 2. The standard InChI is InChI=1S/C60H44N2/c1-41-17-13-27-47(37-41)61(45-23-5-3-6-24-45)49-33-35-55-57(39-49)59(53-31-15-21-43-19-9-11-29-51(43)53)56-36-34-50(62(46-25-7-4-8-26-46)48-28-14-18-42(2)38-48)40-58(56)60(55)54-32-16-22-44-20-10-12-30-52(44)54/h3-40H,1-2H3. The van der Waals surface area contributed by atoms with E-state index in [0.717, 1.165) is 34.1 Å². The predicted octanol–water partition coefficient (Wildman–Crippen LogP) is 17.2. The smallest absolute Gasteiger partial charge is 0.0468 e. The van der Waals surface area contributed by atoms with Gasteiger partial charge in [0, 0.05) is 34.1 Å². The maximum atomic E-state index is 2.44. The first-order valence-electron chi connectivity index (χ1n) is 21.4. The average Bonchev–Trinajstić information content (AvgIpc) is 3.31. The van der Waals surface area contributed by atoms with Crippen molar-refractivity contribution in [3.05, 3.63) is 242 Å². The third kappa shape index (κ3) is 6.54. The van der Waals surface area contributed by atoms with Gasteiger partial charge in [-0.05, 0) is 163 Å². The van der Waals surface area contributed by atoms with E-state index >= 15 is 0 Å². The van der Waals surface area contributed by atoms with Gasteiger partial charge in [-0.15, -0.1) is 0 Å². The number of hydrogen-bond donors (Lipinski definition) is 0. The van der Waals surface area contributed by atoms with Crippen molar-refractivity contribution in [3.8, 4) is 22.3 Å². The summed E-state index contributed by atoms with van der Waals surface area (Å²) < 4.78 is 0. The molecule has 0 fully saturated rings. The lowest BCUT2D eigenvalue weighted by Gasteiger charge is -2.28. The van der Waals surface area contributed by atoms with E-state index in [4.69, 9.17) is 0 Å². The SMILES string of the molecule is Cc1cccc(N(c2ccccc2)c2ccc3c(-c4cccc5ccccc45)c4cc(N(c5ccccc5)c5cccc(C)c5)ccc4c(-c4cccc5ccccc45)c3c2)c1. The van der Waals surface area contributed by atoms with Gasteiger partial charge in [0.15, 0.2) is 0 Å². The van der Waals surface area contributed by atoms with Gasteiger partial charge in [0.25, 0.3) is 0 Å². The first-order chi connectivity index (χ1) is 30.6. The van der Waals surface area contributed by atoms with E-state index in [0.29, 0.717) is 0 Å². The second kappa shape index (κ2) is 15.6. The van der Waals surface area contributed by atoms with Crippen LogP contribution >= 0.6 is 0 Å². The van der Waals surface area contributed by atoms with Crippen molar-refractivity contribution < 1.29 is 0 Å². The summed E-state index contributed by atoms with van der Waals surface area (Å²) in [4.78, 5) is 4.79. The number of anilines is 6. The Hall–Kier alpha value is -7.94. The molecule has 0 radical (unpaired) electrons. The Labute approximate surface area is 363 Å². The van der Waals surface area contributed by atoms with E-state index in [1.165, 1.54) is 76.5 Å². The molecule has 294 valence electrons. The first kappa shape index (κ1) is 37.1. The summed E-state index contributed by atoms with van der Waals surface area (Å²) in [5, 5.41) is 9.72. The zero-order valence-electron chi connectivity index (χ0n) is 34.8. The van der Waals surface area contributed by atoms with Crippen LogP contribution in [-0.4, -0.2) is 0 Å². The summed E-state index contributed by atoms with van der Waals surface area (Å²) in [7, 11) is 0. The molecule has 0 saturated carbocycles. The van der Waals surface area contributed by atoms with E-state index in [1.807, 2.05) is 0 Å². The lowest BCUT2D eigenvalue weighted by Crippen LogP contribution is -2.10. The quantitative estimate of drug-likeness (QED) is 0.141. The van der Waals surface area contributed by atoms with Crippen molar-refractivity contribution in [2.24, 2.45) is 0 Å². The molecule has 0 aliphatic rings. The zero-order valence-corrected chi connectivity index (χ0v) is 34.8. The molecule has 0 unspecified atom stereocenters. The summed E-state index contributed by atoms with van der Waals surface area (Å²) >= 11 is 0. The molecule has 0 aromatic heterocycles. The van der Waals surface area contributed by atoms with Gasteiger partial charge >= 0.3 is 0 Å². The van der Waals surface area contributed by atoms with Crippen molar-refractivity contribution >= 4 is 77.2 Å². The number of rotatable bonds is 8. The number of fused-ring (bicyclic) bond motifs is 4. The molecule has 62 heavy (non-hydrogen) atoms. The number of aryl methyl sites for hydroxylation is 2. The fourth-order valence-corrected chi connectivity index (χ4v) is 9.53. The first-order valence-corrected chi connectivity index (χ1v) is 21.4. The highest BCUT2D eigenvalue weighted by atomic mass is 15.1. The van der Waals surface area contributed by atoms with Crippen LogP contribution in [0.25, 0.3) is 65.3 Å². The Morgan fingerprint density at radius 2 is 0.597 bits per heavy atom. The average molecular weight is 793 g/mol.